The van der Waals surface area contributed by atoms with E-state index in [2.05, 4.69) is 10.3 Å². The van der Waals surface area contributed by atoms with Gasteiger partial charge in [0, 0.05) is 10.9 Å². The first kappa shape index (κ1) is 19.7. The second kappa shape index (κ2) is 8.75. The van der Waals surface area contributed by atoms with Crippen molar-refractivity contribution in [2.75, 3.05) is 0 Å². The number of rotatable bonds is 6. The minimum absolute atomic E-state index is 0.162. The van der Waals surface area contributed by atoms with Gasteiger partial charge >= 0.3 is 5.97 Å². The van der Waals surface area contributed by atoms with E-state index in [4.69, 9.17) is 4.74 Å². The van der Waals surface area contributed by atoms with Gasteiger partial charge in [0.2, 0.25) is 0 Å². The SMILES string of the molecule is CC(OC(=O)c1csc(-c2ccccc2)n1)C(=O)NC(C)c1ccc(F)cc1. The Morgan fingerprint density at radius 3 is 2.43 bits per heavy atom. The molecular weight excluding hydrogens is 379 g/mol. The van der Waals surface area contributed by atoms with Gasteiger partial charge < -0.3 is 10.1 Å². The molecule has 0 aliphatic heterocycles. The lowest BCUT2D eigenvalue weighted by atomic mass is 10.1. The summed E-state index contributed by atoms with van der Waals surface area (Å²) in [5, 5.41) is 5.06. The van der Waals surface area contributed by atoms with E-state index in [9.17, 15) is 14.0 Å². The Morgan fingerprint density at radius 2 is 1.75 bits per heavy atom. The number of hydrogen-bond donors (Lipinski definition) is 1. The average Bonchev–Trinajstić information content (AvgIpc) is 3.19. The van der Waals surface area contributed by atoms with Gasteiger partial charge in [-0.05, 0) is 31.5 Å². The summed E-state index contributed by atoms with van der Waals surface area (Å²) in [6.45, 7) is 3.27. The molecule has 0 aliphatic carbocycles. The molecule has 2 atom stereocenters. The molecule has 3 rings (SSSR count). The Kier molecular flexibility index (Phi) is 6.16. The normalized spacial score (nSPS) is 12.8. The average molecular weight is 398 g/mol. The highest BCUT2D eigenvalue weighted by atomic mass is 32.1. The number of esters is 1. The predicted octanol–water partition coefficient (Wildman–Crippen LogP) is 4.37. The van der Waals surface area contributed by atoms with E-state index in [1.165, 1.54) is 30.4 Å². The van der Waals surface area contributed by atoms with Crippen LogP contribution in [0.15, 0.2) is 60.0 Å². The van der Waals surface area contributed by atoms with E-state index in [0.29, 0.717) is 5.01 Å². The number of aromatic nitrogens is 1. The number of benzene rings is 2. The van der Waals surface area contributed by atoms with Crippen LogP contribution in [0.3, 0.4) is 0 Å². The predicted molar refractivity (Wildman–Crippen MR) is 105 cm³/mol. The van der Waals surface area contributed by atoms with E-state index in [-0.39, 0.29) is 17.6 Å². The van der Waals surface area contributed by atoms with Gasteiger partial charge in [-0.15, -0.1) is 11.3 Å². The molecule has 0 saturated carbocycles. The molecule has 2 unspecified atom stereocenters. The molecule has 0 spiro atoms. The summed E-state index contributed by atoms with van der Waals surface area (Å²) in [7, 11) is 0. The Morgan fingerprint density at radius 1 is 1.07 bits per heavy atom. The summed E-state index contributed by atoms with van der Waals surface area (Å²) in [6, 6.07) is 15.0. The van der Waals surface area contributed by atoms with Crippen molar-refractivity contribution in [2.45, 2.75) is 26.0 Å². The van der Waals surface area contributed by atoms with Gasteiger partial charge in [0.25, 0.3) is 5.91 Å². The molecule has 5 nitrogen and oxygen atoms in total. The molecular formula is C21H19FN2O3S. The zero-order valence-electron chi connectivity index (χ0n) is 15.4. The number of ether oxygens (including phenoxy) is 1. The summed E-state index contributed by atoms with van der Waals surface area (Å²) in [6.07, 6.45) is -0.989. The van der Waals surface area contributed by atoms with E-state index in [1.54, 1.807) is 24.4 Å². The third-order valence-corrected chi connectivity index (χ3v) is 5.01. The molecule has 0 aliphatic rings. The maximum atomic E-state index is 13.0. The van der Waals surface area contributed by atoms with Gasteiger partial charge in [-0.25, -0.2) is 14.2 Å². The van der Waals surface area contributed by atoms with Gasteiger partial charge in [0.1, 0.15) is 10.8 Å². The summed E-state index contributed by atoms with van der Waals surface area (Å²) < 4.78 is 18.2. The molecule has 3 aromatic rings. The fourth-order valence-electron chi connectivity index (χ4n) is 2.52. The van der Waals surface area contributed by atoms with Crippen molar-refractivity contribution in [1.29, 1.82) is 0 Å². The largest absolute Gasteiger partial charge is 0.448 e. The van der Waals surface area contributed by atoms with Crippen LogP contribution in [0.5, 0.6) is 0 Å². The fourth-order valence-corrected chi connectivity index (χ4v) is 3.32. The van der Waals surface area contributed by atoms with Crippen LogP contribution in [-0.4, -0.2) is 23.0 Å². The number of carbonyl (C=O) groups excluding carboxylic acids is 2. The topological polar surface area (TPSA) is 68.3 Å². The van der Waals surface area contributed by atoms with Crippen molar-refractivity contribution >= 4 is 23.2 Å². The number of nitrogens with zero attached hydrogens (tertiary/aromatic N) is 1. The maximum absolute atomic E-state index is 13.0. The zero-order valence-corrected chi connectivity index (χ0v) is 16.2. The first-order valence-corrected chi connectivity index (χ1v) is 9.60. The van der Waals surface area contributed by atoms with E-state index < -0.39 is 18.0 Å². The van der Waals surface area contributed by atoms with Gasteiger partial charge in [-0.3, -0.25) is 4.79 Å². The highest BCUT2D eigenvalue weighted by molar-refractivity contribution is 7.13. The zero-order chi connectivity index (χ0) is 20.1. The van der Waals surface area contributed by atoms with Gasteiger partial charge in [-0.1, -0.05) is 42.5 Å². The molecule has 2 aromatic carbocycles. The van der Waals surface area contributed by atoms with Crippen molar-refractivity contribution < 1.29 is 18.7 Å². The number of carbonyl (C=O) groups is 2. The van der Waals surface area contributed by atoms with Crippen LogP contribution in [0.4, 0.5) is 4.39 Å². The lowest BCUT2D eigenvalue weighted by molar-refractivity contribution is -0.129. The Bertz CT molecular complexity index is 957. The van der Waals surface area contributed by atoms with Crippen molar-refractivity contribution in [3.63, 3.8) is 0 Å². The summed E-state index contributed by atoms with van der Waals surface area (Å²) in [5.41, 5.74) is 1.82. The standard InChI is InChI=1S/C21H19FN2O3S/c1-13(15-8-10-17(22)11-9-15)23-19(25)14(2)27-21(26)18-12-28-20(24-18)16-6-4-3-5-7-16/h3-14H,1-2H3,(H,23,25). The highest BCUT2D eigenvalue weighted by Crippen LogP contribution is 2.23. The van der Waals surface area contributed by atoms with Crippen LogP contribution in [0.25, 0.3) is 10.6 Å². The first-order chi connectivity index (χ1) is 13.4. The monoisotopic (exact) mass is 398 g/mol. The van der Waals surface area contributed by atoms with Crippen LogP contribution in [0, 0.1) is 5.82 Å². The number of hydrogen-bond acceptors (Lipinski definition) is 5. The Balaban J connectivity index is 1.58. The third kappa shape index (κ3) is 4.80. The summed E-state index contributed by atoms with van der Waals surface area (Å²) >= 11 is 1.33. The van der Waals surface area contributed by atoms with Crippen LogP contribution in [-0.2, 0) is 9.53 Å². The second-order valence-corrected chi connectivity index (χ2v) is 7.09. The van der Waals surface area contributed by atoms with E-state index in [0.717, 1.165) is 11.1 Å². The first-order valence-electron chi connectivity index (χ1n) is 8.72. The molecule has 144 valence electrons. The fraction of sp³-hybridized carbons (Fsp3) is 0.190. The van der Waals surface area contributed by atoms with Crippen LogP contribution in [0.1, 0.15) is 35.9 Å². The molecule has 0 saturated heterocycles. The van der Waals surface area contributed by atoms with Crippen LogP contribution < -0.4 is 5.32 Å². The Hall–Kier alpha value is -3.06. The second-order valence-electron chi connectivity index (χ2n) is 6.23. The van der Waals surface area contributed by atoms with Crippen LogP contribution in [0.2, 0.25) is 0 Å². The number of amides is 1. The van der Waals surface area contributed by atoms with Crippen molar-refractivity contribution in [1.82, 2.24) is 10.3 Å². The lowest BCUT2D eigenvalue weighted by Gasteiger charge is -2.18. The van der Waals surface area contributed by atoms with Crippen molar-refractivity contribution in [2.24, 2.45) is 0 Å². The molecule has 28 heavy (non-hydrogen) atoms. The van der Waals surface area contributed by atoms with E-state index in [1.807, 2.05) is 30.3 Å². The van der Waals surface area contributed by atoms with Crippen molar-refractivity contribution in [3.05, 3.63) is 77.1 Å². The highest BCUT2D eigenvalue weighted by Gasteiger charge is 2.22. The minimum Gasteiger partial charge on any atom is -0.448 e. The molecule has 1 heterocycles. The minimum atomic E-state index is -0.989. The summed E-state index contributed by atoms with van der Waals surface area (Å²) in [5.74, 6) is -1.44. The number of nitrogens with one attached hydrogen (secondary N) is 1. The number of halogens is 1. The third-order valence-electron chi connectivity index (χ3n) is 4.12. The molecule has 0 radical (unpaired) electrons. The van der Waals surface area contributed by atoms with Crippen molar-refractivity contribution in [3.8, 4) is 10.6 Å². The molecule has 7 heteroatoms. The molecule has 0 bridgehead atoms. The lowest BCUT2D eigenvalue weighted by Crippen LogP contribution is -2.37. The molecule has 1 N–H and O–H groups in total. The molecule has 1 amide bonds. The Labute approximate surface area is 166 Å². The van der Waals surface area contributed by atoms with E-state index >= 15 is 0 Å². The van der Waals surface area contributed by atoms with Crippen LogP contribution >= 0.6 is 11.3 Å². The maximum Gasteiger partial charge on any atom is 0.358 e. The van der Waals surface area contributed by atoms with Gasteiger partial charge in [0.15, 0.2) is 11.8 Å². The summed E-state index contributed by atoms with van der Waals surface area (Å²) in [4.78, 5) is 28.9. The van der Waals surface area contributed by atoms with Gasteiger partial charge in [0.05, 0.1) is 6.04 Å². The smallest absolute Gasteiger partial charge is 0.358 e. The van der Waals surface area contributed by atoms with Gasteiger partial charge in [-0.2, -0.15) is 0 Å². The quantitative estimate of drug-likeness (QED) is 0.626. The molecule has 0 fully saturated rings. The molecule has 1 aromatic heterocycles. The number of thiazole rings is 1.